The average Bonchev–Trinajstić information content (AvgIpc) is 2.36. The molecule has 1 heterocycles. The Morgan fingerprint density at radius 1 is 1.29 bits per heavy atom. The molecule has 0 atom stereocenters. The number of Topliss-reactive ketones (excluding diaryl/α,β-unsaturated/α-hetero) is 1. The smallest absolute Gasteiger partial charge is 0.182 e. The van der Waals surface area contributed by atoms with Crippen LogP contribution in [-0.4, -0.2) is 25.0 Å². The molecular weight excluding hydrogens is 218 g/mol. The van der Waals surface area contributed by atoms with Gasteiger partial charge in [0.1, 0.15) is 5.78 Å². The largest absolute Gasteiger partial charge is 0.493 e. The van der Waals surface area contributed by atoms with Gasteiger partial charge in [-0.05, 0) is 6.42 Å². The van der Waals surface area contributed by atoms with E-state index in [0.29, 0.717) is 30.8 Å². The van der Waals surface area contributed by atoms with E-state index < -0.39 is 0 Å². The van der Waals surface area contributed by atoms with Gasteiger partial charge in [0.2, 0.25) is 0 Å². The number of aryl methyl sites for hydroxylation is 1. The summed E-state index contributed by atoms with van der Waals surface area (Å²) >= 11 is 0. The zero-order chi connectivity index (χ0) is 12.7. The van der Waals surface area contributed by atoms with E-state index in [1.165, 1.54) is 0 Å². The van der Waals surface area contributed by atoms with Crippen molar-refractivity contribution in [2.45, 2.75) is 32.6 Å². The molecule has 0 fully saturated rings. The number of ketones is 1. The fourth-order valence-electron chi connectivity index (χ4n) is 1.69. The Bertz CT molecular complexity index is 377. The topological polar surface area (TPSA) is 48.4 Å². The van der Waals surface area contributed by atoms with Crippen molar-refractivity contribution in [2.75, 3.05) is 14.2 Å². The minimum Gasteiger partial charge on any atom is -0.493 e. The van der Waals surface area contributed by atoms with E-state index in [2.05, 4.69) is 4.98 Å². The average molecular weight is 237 g/mol. The third-order valence-corrected chi connectivity index (χ3v) is 2.54. The van der Waals surface area contributed by atoms with E-state index >= 15 is 0 Å². The van der Waals surface area contributed by atoms with Gasteiger partial charge in [-0.3, -0.25) is 9.78 Å². The lowest BCUT2D eigenvalue weighted by molar-refractivity contribution is -0.119. The molecule has 0 aromatic carbocycles. The summed E-state index contributed by atoms with van der Waals surface area (Å²) in [5, 5.41) is 0. The molecule has 1 rings (SSSR count). The third kappa shape index (κ3) is 3.73. The van der Waals surface area contributed by atoms with Gasteiger partial charge < -0.3 is 9.47 Å². The van der Waals surface area contributed by atoms with E-state index in [-0.39, 0.29) is 5.78 Å². The van der Waals surface area contributed by atoms with E-state index in [0.717, 1.165) is 12.1 Å². The number of aromatic nitrogens is 1. The maximum Gasteiger partial charge on any atom is 0.182 e. The monoisotopic (exact) mass is 237 g/mol. The molecule has 0 aliphatic rings. The summed E-state index contributed by atoms with van der Waals surface area (Å²) in [4.78, 5) is 15.7. The Kier molecular flexibility index (Phi) is 5.46. The molecule has 0 unspecified atom stereocenters. The Morgan fingerprint density at radius 3 is 2.65 bits per heavy atom. The van der Waals surface area contributed by atoms with Gasteiger partial charge in [0.05, 0.1) is 19.9 Å². The van der Waals surface area contributed by atoms with Crippen LogP contribution >= 0.6 is 0 Å². The summed E-state index contributed by atoms with van der Waals surface area (Å²) in [6.07, 6.45) is 4.29. The molecule has 0 bridgehead atoms. The number of rotatable bonds is 7. The van der Waals surface area contributed by atoms with Crippen molar-refractivity contribution in [2.24, 2.45) is 0 Å². The minimum absolute atomic E-state index is 0.263. The van der Waals surface area contributed by atoms with Crippen molar-refractivity contribution in [1.29, 1.82) is 0 Å². The molecule has 94 valence electrons. The summed E-state index contributed by atoms with van der Waals surface area (Å²) in [6, 6.07) is 1.75. The van der Waals surface area contributed by atoms with Crippen LogP contribution < -0.4 is 9.47 Å². The number of ether oxygens (including phenoxy) is 2. The van der Waals surface area contributed by atoms with Crippen LogP contribution in [0.15, 0.2) is 12.3 Å². The van der Waals surface area contributed by atoms with Crippen LogP contribution in [0.2, 0.25) is 0 Å². The van der Waals surface area contributed by atoms with Crippen molar-refractivity contribution < 1.29 is 14.3 Å². The van der Waals surface area contributed by atoms with Gasteiger partial charge in [0.25, 0.3) is 0 Å². The highest BCUT2D eigenvalue weighted by molar-refractivity contribution is 5.78. The molecule has 0 amide bonds. The van der Waals surface area contributed by atoms with Crippen LogP contribution in [0.5, 0.6) is 11.5 Å². The van der Waals surface area contributed by atoms with E-state index in [1.54, 1.807) is 26.5 Å². The number of hydrogen-bond donors (Lipinski definition) is 0. The second-order valence-electron chi connectivity index (χ2n) is 3.78. The first-order valence-electron chi connectivity index (χ1n) is 5.80. The van der Waals surface area contributed by atoms with Crippen LogP contribution in [0, 0.1) is 0 Å². The molecule has 4 nitrogen and oxygen atoms in total. The van der Waals surface area contributed by atoms with Crippen LogP contribution in [0.25, 0.3) is 0 Å². The summed E-state index contributed by atoms with van der Waals surface area (Å²) in [5.41, 5.74) is 0.774. The van der Waals surface area contributed by atoms with E-state index in [1.807, 2.05) is 6.92 Å². The third-order valence-electron chi connectivity index (χ3n) is 2.54. The molecule has 0 saturated carbocycles. The molecule has 0 aliphatic heterocycles. The first-order valence-corrected chi connectivity index (χ1v) is 5.80. The molecule has 0 radical (unpaired) electrons. The molecule has 0 saturated heterocycles. The fourth-order valence-corrected chi connectivity index (χ4v) is 1.69. The summed E-state index contributed by atoms with van der Waals surface area (Å²) in [5.74, 6) is 1.54. The second-order valence-corrected chi connectivity index (χ2v) is 3.78. The lowest BCUT2D eigenvalue weighted by Crippen LogP contribution is -2.03. The van der Waals surface area contributed by atoms with Crippen molar-refractivity contribution in [3.8, 4) is 11.5 Å². The summed E-state index contributed by atoms with van der Waals surface area (Å²) < 4.78 is 10.4. The number of nitrogens with zero attached hydrogens (tertiary/aromatic N) is 1. The highest BCUT2D eigenvalue weighted by Crippen LogP contribution is 2.29. The number of pyridine rings is 1. The zero-order valence-corrected chi connectivity index (χ0v) is 10.7. The Hall–Kier alpha value is -1.58. The maximum atomic E-state index is 11.5. The Morgan fingerprint density at radius 2 is 2.06 bits per heavy atom. The second kappa shape index (κ2) is 6.89. The highest BCUT2D eigenvalue weighted by Gasteiger charge is 2.12. The van der Waals surface area contributed by atoms with Crippen LogP contribution in [0.3, 0.4) is 0 Å². The van der Waals surface area contributed by atoms with E-state index in [9.17, 15) is 4.79 Å². The number of carbonyl (C=O) groups excluding carboxylic acids is 1. The summed E-state index contributed by atoms with van der Waals surface area (Å²) in [7, 11) is 3.17. The molecule has 1 aromatic heterocycles. The van der Waals surface area contributed by atoms with E-state index in [4.69, 9.17) is 9.47 Å². The van der Waals surface area contributed by atoms with Crippen molar-refractivity contribution >= 4 is 5.78 Å². The van der Waals surface area contributed by atoms with Crippen LogP contribution in [-0.2, 0) is 11.2 Å². The predicted molar refractivity (Wildman–Crippen MR) is 65.6 cm³/mol. The molecular formula is C13H19NO3. The Balaban J connectivity index is 2.73. The number of hydrogen-bond acceptors (Lipinski definition) is 4. The van der Waals surface area contributed by atoms with Crippen molar-refractivity contribution in [3.05, 3.63) is 18.0 Å². The first-order chi connectivity index (χ1) is 8.22. The molecule has 4 heteroatoms. The molecule has 0 aliphatic carbocycles. The molecule has 1 aromatic rings. The predicted octanol–water partition coefficient (Wildman–Crippen LogP) is 2.40. The SMILES string of the molecule is CCCC(=O)CCc1nccc(OC)c1OC. The standard InChI is InChI=1S/C13H19NO3/c1-4-5-10(15)6-7-11-13(17-3)12(16-2)8-9-14-11/h8-9H,4-7H2,1-3H3. The number of methoxy groups -OCH3 is 2. The van der Waals surface area contributed by atoms with Crippen LogP contribution in [0.4, 0.5) is 0 Å². The normalized spacial score (nSPS) is 10.1. The molecule has 17 heavy (non-hydrogen) atoms. The maximum absolute atomic E-state index is 11.5. The Labute approximate surface area is 102 Å². The van der Waals surface area contributed by atoms with Crippen LogP contribution in [0.1, 0.15) is 31.9 Å². The summed E-state index contributed by atoms with van der Waals surface area (Å²) in [6.45, 7) is 2.00. The highest BCUT2D eigenvalue weighted by atomic mass is 16.5. The quantitative estimate of drug-likeness (QED) is 0.730. The lowest BCUT2D eigenvalue weighted by Gasteiger charge is -2.11. The van der Waals surface area contributed by atoms with Gasteiger partial charge >= 0.3 is 0 Å². The first kappa shape index (κ1) is 13.5. The van der Waals surface area contributed by atoms with Gasteiger partial charge in [-0.25, -0.2) is 0 Å². The number of carbonyl (C=O) groups is 1. The van der Waals surface area contributed by atoms with Gasteiger partial charge in [-0.2, -0.15) is 0 Å². The lowest BCUT2D eigenvalue weighted by atomic mass is 10.1. The fraction of sp³-hybridized carbons (Fsp3) is 0.538. The van der Waals surface area contributed by atoms with Crippen molar-refractivity contribution in [3.63, 3.8) is 0 Å². The van der Waals surface area contributed by atoms with Gasteiger partial charge in [-0.1, -0.05) is 6.92 Å². The van der Waals surface area contributed by atoms with Gasteiger partial charge in [0.15, 0.2) is 11.5 Å². The van der Waals surface area contributed by atoms with Gasteiger partial charge in [-0.15, -0.1) is 0 Å². The minimum atomic E-state index is 0.263. The molecule has 0 N–H and O–H groups in total. The van der Waals surface area contributed by atoms with Gasteiger partial charge in [0, 0.05) is 31.5 Å². The molecule has 0 spiro atoms. The van der Waals surface area contributed by atoms with Crippen molar-refractivity contribution in [1.82, 2.24) is 4.98 Å². The zero-order valence-electron chi connectivity index (χ0n) is 10.7.